The molecule has 2 aromatic heterocycles. The number of ether oxygens (including phenoxy) is 6. The molecule has 0 unspecified atom stereocenters. The van der Waals surface area contributed by atoms with Gasteiger partial charge in [0.15, 0.2) is 23.0 Å². The van der Waals surface area contributed by atoms with E-state index in [0.717, 1.165) is 40.2 Å². The number of amides is 1. The summed E-state index contributed by atoms with van der Waals surface area (Å²) in [5.41, 5.74) is 5.23. The van der Waals surface area contributed by atoms with E-state index in [-0.39, 0.29) is 5.91 Å². The van der Waals surface area contributed by atoms with Crippen LogP contribution < -0.4 is 28.4 Å². The van der Waals surface area contributed by atoms with Gasteiger partial charge in [0.25, 0.3) is 0 Å². The fourth-order valence-electron chi connectivity index (χ4n) is 5.46. The first kappa shape index (κ1) is 31.4. The summed E-state index contributed by atoms with van der Waals surface area (Å²) in [6.45, 7) is 2.81. The van der Waals surface area contributed by atoms with Gasteiger partial charge in [0.1, 0.15) is 0 Å². The Labute approximate surface area is 263 Å². The van der Waals surface area contributed by atoms with Gasteiger partial charge < -0.3 is 33.3 Å². The molecule has 1 saturated heterocycles. The molecule has 0 saturated carbocycles. The van der Waals surface area contributed by atoms with E-state index in [2.05, 4.69) is 14.9 Å². The van der Waals surface area contributed by atoms with Crippen LogP contribution in [0.3, 0.4) is 0 Å². The van der Waals surface area contributed by atoms with E-state index in [1.807, 2.05) is 53.4 Å². The van der Waals surface area contributed by atoms with Gasteiger partial charge in [-0.3, -0.25) is 19.7 Å². The molecule has 1 amide bonds. The molecule has 2 aromatic carbocycles. The standard InChI is InChI=1S/C34H38N4O7/c1-40-28-15-24(16-29(41-2)33(28)44-5)26-13-22(7-9-35-26)19-37-11-12-38(32(39)21-37)20-23-8-10-36-27(14-23)25-17-30(42-3)34(45-6)31(18-25)43-4/h7-10,13-18H,11-12,19-21H2,1-6H3. The Kier molecular flexibility index (Phi) is 9.89. The molecule has 236 valence electrons. The highest BCUT2D eigenvalue weighted by Crippen LogP contribution is 2.42. The molecule has 4 aromatic rings. The zero-order valence-corrected chi connectivity index (χ0v) is 26.5. The first-order valence-corrected chi connectivity index (χ1v) is 14.4. The fraction of sp³-hybridized carbons (Fsp3) is 0.324. The highest BCUT2D eigenvalue weighted by Gasteiger charge is 2.25. The number of carbonyl (C=O) groups excluding carboxylic acids is 1. The number of rotatable bonds is 12. The first-order chi connectivity index (χ1) is 21.9. The molecule has 0 aliphatic carbocycles. The number of carbonyl (C=O) groups is 1. The maximum atomic E-state index is 13.3. The van der Waals surface area contributed by atoms with Crippen molar-refractivity contribution < 1.29 is 33.2 Å². The number of methoxy groups -OCH3 is 6. The highest BCUT2D eigenvalue weighted by molar-refractivity contribution is 5.79. The number of piperazine rings is 1. The molecule has 11 heteroatoms. The molecule has 11 nitrogen and oxygen atoms in total. The van der Waals surface area contributed by atoms with Crippen molar-refractivity contribution in [1.29, 1.82) is 0 Å². The van der Waals surface area contributed by atoms with Crippen LogP contribution in [-0.2, 0) is 17.9 Å². The van der Waals surface area contributed by atoms with Crippen molar-refractivity contribution in [2.24, 2.45) is 0 Å². The monoisotopic (exact) mass is 614 g/mol. The Bertz CT molecular complexity index is 1610. The van der Waals surface area contributed by atoms with Gasteiger partial charge in [-0.15, -0.1) is 0 Å². The van der Waals surface area contributed by atoms with Gasteiger partial charge >= 0.3 is 0 Å². The summed E-state index contributed by atoms with van der Waals surface area (Å²) >= 11 is 0. The topological polar surface area (TPSA) is 105 Å². The molecule has 0 bridgehead atoms. The lowest BCUT2D eigenvalue weighted by molar-refractivity contribution is -0.136. The van der Waals surface area contributed by atoms with Crippen LogP contribution in [0.4, 0.5) is 0 Å². The Morgan fingerprint density at radius 1 is 0.600 bits per heavy atom. The minimum atomic E-state index is 0.0753. The minimum Gasteiger partial charge on any atom is -0.493 e. The number of benzene rings is 2. The minimum absolute atomic E-state index is 0.0753. The van der Waals surface area contributed by atoms with E-state index in [4.69, 9.17) is 28.4 Å². The van der Waals surface area contributed by atoms with Crippen molar-refractivity contribution in [2.45, 2.75) is 13.1 Å². The van der Waals surface area contributed by atoms with Crippen LogP contribution in [0, 0.1) is 0 Å². The molecule has 1 aliphatic rings. The van der Waals surface area contributed by atoms with Crippen molar-refractivity contribution in [3.05, 3.63) is 72.1 Å². The predicted molar refractivity (Wildman–Crippen MR) is 169 cm³/mol. The lowest BCUT2D eigenvalue weighted by atomic mass is 10.1. The van der Waals surface area contributed by atoms with E-state index < -0.39 is 0 Å². The van der Waals surface area contributed by atoms with Crippen LogP contribution in [0.1, 0.15) is 11.1 Å². The van der Waals surface area contributed by atoms with Gasteiger partial charge in [0, 0.05) is 49.7 Å². The molecule has 1 fully saturated rings. The van der Waals surface area contributed by atoms with Crippen LogP contribution in [0.25, 0.3) is 22.5 Å². The Morgan fingerprint density at radius 3 is 1.44 bits per heavy atom. The van der Waals surface area contributed by atoms with Crippen molar-refractivity contribution in [3.8, 4) is 57.0 Å². The molecule has 3 heterocycles. The molecule has 5 rings (SSSR count). The molecule has 0 spiro atoms. The lowest BCUT2D eigenvalue weighted by Crippen LogP contribution is -2.49. The summed E-state index contributed by atoms with van der Waals surface area (Å²) in [6, 6.07) is 15.4. The fourth-order valence-corrected chi connectivity index (χ4v) is 5.46. The van der Waals surface area contributed by atoms with Gasteiger partial charge in [0.2, 0.25) is 17.4 Å². The normalized spacial score (nSPS) is 13.4. The van der Waals surface area contributed by atoms with E-state index in [1.165, 1.54) is 0 Å². The van der Waals surface area contributed by atoms with E-state index in [9.17, 15) is 4.79 Å². The second-order valence-electron chi connectivity index (χ2n) is 10.5. The summed E-state index contributed by atoms with van der Waals surface area (Å²) in [7, 11) is 9.49. The Balaban J connectivity index is 1.26. The van der Waals surface area contributed by atoms with Gasteiger partial charge in [-0.2, -0.15) is 0 Å². The van der Waals surface area contributed by atoms with Crippen LogP contribution in [0.5, 0.6) is 34.5 Å². The Morgan fingerprint density at radius 2 is 1.04 bits per heavy atom. The predicted octanol–water partition coefficient (Wildman–Crippen LogP) is 4.71. The number of hydrogen-bond donors (Lipinski definition) is 0. The second kappa shape index (κ2) is 14.2. The summed E-state index contributed by atoms with van der Waals surface area (Å²) < 4.78 is 32.9. The van der Waals surface area contributed by atoms with Gasteiger partial charge in [0.05, 0.1) is 60.6 Å². The van der Waals surface area contributed by atoms with Crippen molar-refractivity contribution in [1.82, 2.24) is 19.8 Å². The molecule has 1 aliphatic heterocycles. The molecule has 0 N–H and O–H groups in total. The van der Waals surface area contributed by atoms with E-state index >= 15 is 0 Å². The lowest BCUT2D eigenvalue weighted by Gasteiger charge is -2.34. The van der Waals surface area contributed by atoms with Gasteiger partial charge in [-0.1, -0.05) is 0 Å². The van der Waals surface area contributed by atoms with Crippen molar-refractivity contribution >= 4 is 5.91 Å². The van der Waals surface area contributed by atoms with Crippen molar-refractivity contribution in [2.75, 3.05) is 62.3 Å². The van der Waals surface area contributed by atoms with Crippen LogP contribution in [-0.4, -0.2) is 88.0 Å². The third-order valence-corrected chi connectivity index (χ3v) is 7.75. The van der Waals surface area contributed by atoms with Crippen molar-refractivity contribution in [3.63, 3.8) is 0 Å². The molecule has 0 atom stereocenters. The summed E-state index contributed by atoms with van der Waals surface area (Å²) in [5, 5.41) is 0. The summed E-state index contributed by atoms with van der Waals surface area (Å²) in [5.74, 6) is 3.35. The summed E-state index contributed by atoms with van der Waals surface area (Å²) in [4.78, 5) is 26.4. The number of hydrogen-bond acceptors (Lipinski definition) is 10. The third kappa shape index (κ3) is 6.88. The highest BCUT2D eigenvalue weighted by atomic mass is 16.5. The smallest absolute Gasteiger partial charge is 0.237 e. The van der Waals surface area contributed by atoms with Gasteiger partial charge in [-0.05, 0) is 59.7 Å². The molecular formula is C34H38N4O7. The van der Waals surface area contributed by atoms with E-state index in [1.54, 1.807) is 55.1 Å². The maximum absolute atomic E-state index is 13.3. The summed E-state index contributed by atoms with van der Waals surface area (Å²) in [6.07, 6.45) is 3.53. The van der Waals surface area contributed by atoms with E-state index in [0.29, 0.717) is 60.7 Å². The average Bonchev–Trinajstić information content (AvgIpc) is 3.08. The molecule has 0 radical (unpaired) electrons. The number of pyridine rings is 2. The largest absolute Gasteiger partial charge is 0.493 e. The molecular weight excluding hydrogens is 576 g/mol. The second-order valence-corrected chi connectivity index (χ2v) is 10.5. The van der Waals surface area contributed by atoms with Crippen LogP contribution in [0.2, 0.25) is 0 Å². The van der Waals surface area contributed by atoms with Gasteiger partial charge in [-0.25, -0.2) is 0 Å². The SMILES string of the molecule is COc1cc(-c2cc(CN3CCN(Cc4ccnc(-c5cc(OC)c(OC)c(OC)c5)c4)C(=O)C3)ccn2)cc(OC)c1OC. The number of aromatic nitrogens is 2. The number of nitrogens with zero attached hydrogens (tertiary/aromatic N) is 4. The zero-order chi connectivity index (χ0) is 31.9. The van der Waals surface area contributed by atoms with Crippen LogP contribution in [0.15, 0.2) is 60.9 Å². The quantitative estimate of drug-likeness (QED) is 0.223. The Hall–Kier alpha value is -5.03. The van der Waals surface area contributed by atoms with Crippen LogP contribution >= 0.6 is 0 Å². The molecule has 45 heavy (non-hydrogen) atoms. The average molecular weight is 615 g/mol. The zero-order valence-electron chi connectivity index (χ0n) is 26.5. The maximum Gasteiger partial charge on any atom is 0.237 e. The first-order valence-electron chi connectivity index (χ1n) is 14.4. The third-order valence-electron chi connectivity index (χ3n) is 7.75.